The van der Waals surface area contributed by atoms with E-state index in [0.29, 0.717) is 42.2 Å². The van der Waals surface area contributed by atoms with Crippen molar-refractivity contribution in [2.24, 2.45) is 23.7 Å². The first kappa shape index (κ1) is 30.8. The van der Waals surface area contributed by atoms with Gasteiger partial charge in [0.25, 0.3) is 0 Å². The molecule has 0 atom stereocenters. The van der Waals surface area contributed by atoms with E-state index in [-0.39, 0.29) is 17.5 Å². The van der Waals surface area contributed by atoms with E-state index in [1.165, 1.54) is 76.3 Å². The van der Waals surface area contributed by atoms with Gasteiger partial charge in [-0.05, 0) is 135 Å². The summed E-state index contributed by atoms with van der Waals surface area (Å²) >= 11 is 5.85. The van der Waals surface area contributed by atoms with Crippen LogP contribution in [0, 0.1) is 29.5 Å². The zero-order valence-electron chi connectivity index (χ0n) is 24.7. The summed E-state index contributed by atoms with van der Waals surface area (Å²) in [4.78, 5) is 0. The summed E-state index contributed by atoms with van der Waals surface area (Å²) in [6.07, 6.45) is 14.6. The summed E-state index contributed by atoms with van der Waals surface area (Å²) in [7, 11) is 0. The predicted octanol–water partition coefficient (Wildman–Crippen LogP) is 12.1. The molecule has 0 N–H and O–H groups in total. The van der Waals surface area contributed by atoms with Crippen molar-refractivity contribution in [3.8, 4) is 5.75 Å². The van der Waals surface area contributed by atoms with Gasteiger partial charge in [0.2, 0.25) is 0 Å². The number of alkyl halides is 2. The van der Waals surface area contributed by atoms with Gasteiger partial charge in [-0.15, -0.1) is 0 Å². The molecule has 3 aliphatic rings. The lowest BCUT2D eigenvalue weighted by atomic mass is 9.68. The van der Waals surface area contributed by atoms with Crippen molar-refractivity contribution in [3.05, 3.63) is 64.4 Å². The normalized spacial score (nSPS) is 29.3. The van der Waals surface area contributed by atoms with Crippen LogP contribution in [0.5, 0.6) is 5.75 Å². The molecule has 0 spiro atoms. The van der Waals surface area contributed by atoms with Gasteiger partial charge in [-0.2, -0.15) is 8.78 Å². The number of hydrogen-bond acceptors (Lipinski definition) is 1. The lowest BCUT2D eigenvalue weighted by molar-refractivity contribution is -0.222. The molecule has 0 bridgehead atoms. The molecule has 0 heterocycles. The molecule has 3 fully saturated rings. The molecule has 3 saturated carbocycles. The summed E-state index contributed by atoms with van der Waals surface area (Å²) in [6.45, 7) is 2.29. The first-order valence-corrected chi connectivity index (χ1v) is 16.8. The standard InChI is InChI=1S/C36H48ClF3O/c1-2-3-4-5-25-6-8-26(9-7-25)27-10-12-28(13-11-27)30-16-23-34(35(38)24-30)29-14-17-31(18-15-29)36(39,40)41-33-21-19-32(37)20-22-33/h16,19-29,31H,2-15,17-18H2,1H3. The van der Waals surface area contributed by atoms with Crippen molar-refractivity contribution in [1.29, 1.82) is 0 Å². The third-order valence-corrected chi connectivity index (χ3v) is 11.0. The maximum Gasteiger partial charge on any atom is 0.400 e. The summed E-state index contributed by atoms with van der Waals surface area (Å²) in [5, 5.41) is 0.479. The minimum atomic E-state index is -3.26. The maximum atomic E-state index is 15.4. The van der Waals surface area contributed by atoms with Crippen molar-refractivity contribution < 1.29 is 17.9 Å². The van der Waals surface area contributed by atoms with Crippen LogP contribution in [0.25, 0.3) is 0 Å². The zero-order valence-corrected chi connectivity index (χ0v) is 25.5. The van der Waals surface area contributed by atoms with Crippen LogP contribution in [0.15, 0.2) is 42.5 Å². The number of rotatable bonds is 10. The number of halogens is 4. The van der Waals surface area contributed by atoms with Crippen LogP contribution in [0.3, 0.4) is 0 Å². The van der Waals surface area contributed by atoms with Crippen molar-refractivity contribution >= 4 is 11.6 Å². The average molecular weight is 589 g/mol. The highest BCUT2D eigenvalue weighted by Crippen LogP contribution is 2.46. The van der Waals surface area contributed by atoms with Crippen LogP contribution in [0.2, 0.25) is 5.02 Å². The topological polar surface area (TPSA) is 9.23 Å². The second kappa shape index (κ2) is 14.2. The van der Waals surface area contributed by atoms with E-state index in [1.807, 2.05) is 6.07 Å². The molecule has 0 radical (unpaired) electrons. The van der Waals surface area contributed by atoms with Gasteiger partial charge in [0.15, 0.2) is 0 Å². The molecule has 3 aliphatic carbocycles. The Kier molecular flexibility index (Phi) is 10.7. The van der Waals surface area contributed by atoms with Crippen LogP contribution < -0.4 is 4.74 Å². The Bertz CT molecular complexity index is 1080. The molecule has 41 heavy (non-hydrogen) atoms. The van der Waals surface area contributed by atoms with E-state index < -0.39 is 12.0 Å². The molecule has 2 aromatic carbocycles. The summed E-state index contributed by atoms with van der Waals surface area (Å²) in [5.74, 6) is 2.23. The third-order valence-electron chi connectivity index (χ3n) is 10.8. The third kappa shape index (κ3) is 8.03. The minimum Gasteiger partial charge on any atom is -0.432 e. The van der Waals surface area contributed by atoms with Gasteiger partial charge in [0.1, 0.15) is 11.6 Å². The Morgan fingerprint density at radius 1 is 0.756 bits per heavy atom. The smallest absolute Gasteiger partial charge is 0.400 e. The Labute approximate surface area is 250 Å². The van der Waals surface area contributed by atoms with Gasteiger partial charge >= 0.3 is 6.11 Å². The quantitative estimate of drug-likeness (QED) is 0.251. The van der Waals surface area contributed by atoms with E-state index >= 15 is 4.39 Å². The van der Waals surface area contributed by atoms with E-state index in [0.717, 1.165) is 36.2 Å². The van der Waals surface area contributed by atoms with Gasteiger partial charge in [-0.3, -0.25) is 0 Å². The van der Waals surface area contributed by atoms with E-state index in [2.05, 4.69) is 13.0 Å². The van der Waals surface area contributed by atoms with Crippen molar-refractivity contribution in [2.45, 2.75) is 128 Å². The van der Waals surface area contributed by atoms with Crippen LogP contribution in [-0.4, -0.2) is 6.11 Å². The molecule has 1 nitrogen and oxygen atoms in total. The monoisotopic (exact) mass is 588 g/mol. The minimum absolute atomic E-state index is 0.0144. The SMILES string of the molecule is CCCCCC1CCC(C2CCC(c3ccc(C4CCC(C(F)(F)Oc5ccc(Cl)cc5)CC4)c(F)c3)CC2)CC1. The average Bonchev–Trinajstić information content (AvgIpc) is 2.99. The number of benzene rings is 2. The molecule has 5 heteroatoms. The molecule has 226 valence electrons. The predicted molar refractivity (Wildman–Crippen MR) is 162 cm³/mol. The molecular formula is C36H48ClF3O. The molecule has 0 unspecified atom stereocenters. The first-order chi connectivity index (χ1) is 19.8. The van der Waals surface area contributed by atoms with Crippen molar-refractivity contribution in [2.75, 3.05) is 0 Å². The van der Waals surface area contributed by atoms with Crippen LogP contribution in [0.1, 0.15) is 133 Å². The molecule has 2 aromatic rings. The summed E-state index contributed by atoms with van der Waals surface area (Å²) < 4.78 is 50.1. The number of hydrogen-bond donors (Lipinski definition) is 0. The van der Waals surface area contributed by atoms with Gasteiger partial charge in [0, 0.05) is 5.02 Å². The van der Waals surface area contributed by atoms with Crippen LogP contribution in [-0.2, 0) is 0 Å². The lowest BCUT2D eigenvalue weighted by Crippen LogP contribution is -2.37. The first-order valence-electron chi connectivity index (χ1n) is 16.4. The molecule has 0 aliphatic heterocycles. The highest BCUT2D eigenvalue weighted by molar-refractivity contribution is 6.30. The Balaban J connectivity index is 1.08. The summed E-state index contributed by atoms with van der Waals surface area (Å²) in [5.41, 5.74) is 1.82. The molecule has 0 aromatic heterocycles. The van der Waals surface area contributed by atoms with E-state index in [9.17, 15) is 8.78 Å². The van der Waals surface area contributed by atoms with Crippen LogP contribution >= 0.6 is 11.6 Å². The van der Waals surface area contributed by atoms with E-state index in [4.69, 9.17) is 16.3 Å². The molecule has 5 rings (SSSR count). The maximum absolute atomic E-state index is 15.4. The van der Waals surface area contributed by atoms with Crippen LogP contribution in [0.4, 0.5) is 13.2 Å². The van der Waals surface area contributed by atoms with Crippen molar-refractivity contribution in [3.63, 3.8) is 0 Å². The second-order valence-electron chi connectivity index (χ2n) is 13.3. The van der Waals surface area contributed by atoms with E-state index in [1.54, 1.807) is 18.2 Å². The highest BCUT2D eigenvalue weighted by atomic mass is 35.5. The highest BCUT2D eigenvalue weighted by Gasteiger charge is 2.44. The fraction of sp³-hybridized carbons (Fsp3) is 0.667. The number of unbranched alkanes of at least 4 members (excludes halogenated alkanes) is 2. The fourth-order valence-corrected chi connectivity index (χ4v) is 8.29. The van der Waals surface area contributed by atoms with Crippen molar-refractivity contribution in [1.82, 2.24) is 0 Å². The summed E-state index contributed by atoms with van der Waals surface area (Å²) in [6, 6.07) is 11.8. The Morgan fingerprint density at radius 3 is 1.98 bits per heavy atom. The second-order valence-corrected chi connectivity index (χ2v) is 13.8. The van der Waals surface area contributed by atoms with Gasteiger partial charge in [-0.25, -0.2) is 4.39 Å². The zero-order chi connectivity index (χ0) is 28.8. The Hall–Kier alpha value is -1.68. The molecular weight excluding hydrogens is 541 g/mol. The van der Waals surface area contributed by atoms with Gasteiger partial charge in [-0.1, -0.05) is 69.2 Å². The largest absolute Gasteiger partial charge is 0.432 e. The fourth-order valence-electron chi connectivity index (χ4n) is 8.17. The van der Waals surface area contributed by atoms with Gasteiger partial charge < -0.3 is 4.74 Å². The molecule has 0 amide bonds. The Morgan fingerprint density at radius 2 is 1.37 bits per heavy atom. The number of ether oxygens (including phenoxy) is 1. The molecule has 0 saturated heterocycles. The lowest BCUT2D eigenvalue weighted by Gasteiger charge is -2.38. The van der Waals surface area contributed by atoms with Gasteiger partial charge in [0.05, 0.1) is 5.92 Å².